The Kier molecular flexibility index (Phi) is 33.6. The summed E-state index contributed by atoms with van der Waals surface area (Å²) in [7, 11) is -5.22. The summed E-state index contributed by atoms with van der Waals surface area (Å²) in [6, 6.07) is 0. The molecular weight excluding hydrogens is 851 g/mol. The first-order valence-electron chi connectivity index (χ1n) is 23.1. The molecule has 11 atom stereocenters. The van der Waals surface area contributed by atoms with E-state index in [1.807, 2.05) is 19.1 Å². The lowest BCUT2D eigenvalue weighted by Gasteiger charge is -2.41. The SMILES string of the molecule is CC/C=C\C[C@H](O)/C=C/C=C/C=C\C=C/[C@@H](O)[C@H](O)CCCC(=O)O[C@H](COC(=O)CCCCCCC/C=C\CCCCCCCC)COP(=O)(O)OC1[C@H](O)[C@H](O)C(O)[C@H](O)[C@H]1O. The lowest BCUT2D eigenvalue weighted by atomic mass is 9.85. The van der Waals surface area contributed by atoms with Crippen molar-refractivity contribution in [1.82, 2.24) is 0 Å². The van der Waals surface area contributed by atoms with Crippen molar-refractivity contribution in [3.8, 4) is 0 Å². The summed E-state index contributed by atoms with van der Waals surface area (Å²) in [5.41, 5.74) is 0. The Balaban J connectivity index is 2.64. The van der Waals surface area contributed by atoms with Gasteiger partial charge in [-0.2, -0.15) is 0 Å². The van der Waals surface area contributed by atoms with Crippen LogP contribution in [0.2, 0.25) is 0 Å². The molecule has 0 aromatic heterocycles. The third-order valence-corrected chi connectivity index (χ3v) is 11.4. The average Bonchev–Trinajstić information content (AvgIpc) is 3.26. The molecule has 1 fully saturated rings. The number of esters is 2. The Morgan fingerprint density at radius 2 is 1.14 bits per heavy atom. The number of unbranched alkanes of at least 4 members (excludes halogenated alkanes) is 11. The second-order valence-corrected chi connectivity index (χ2v) is 17.5. The van der Waals surface area contributed by atoms with Crippen molar-refractivity contribution in [3.63, 3.8) is 0 Å². The molecule has 368 valence electrons. The van der Waals surface area contributed by atoms with E-state index in [2.05, 4.69) is 19.1 Å². The Labute approximate surface area is 380 Å². The summed E-state index contributed by atoms with van der Waals surface area (Å²) in [6.07, 6.45) is 20.2. The molecule has 1 aliphatic carbocycles. The minimum Gasteiger partial charge on any atom is -0.462 e. The van der Waals surface area contributed by atoms with Crippen LogP contribution in [0.1, 0.15) is 136 Å². The molecule has 0 aromatic carbocycles. The molecule has 17 heteroatoms. The highest BCUT2D eigenvalue weighted by atomic mass is 31.2. The molecule has 1 saturated carbocycles. The van der Waals surface area contributed by atoms with Crippen molar-refractivity contribution in [2.24, 2.45) is 0 Å². The summed E-state index contributed by atoms with van der Waals surface area (Å²) in [5.74, 6) is -1.45. The summed E-state index contributed by atoms with van der Waals surface area (Å²) >= 11 is 0. The van der Waals surface area contributed by atoms with Gasteiger partial charge in [-0.15, -0.1) is 0 Å². The standard InChI is InChI=1S/C47H79O16P/c1-3-5-7-8-9-10-11-12-13-14-15-16-17-22-26-32-40(51)60-34-37(35-61-64(58,59)63-47-45(56)43(54)42(53)44(55)46(47)57)62-41(52)33-27-31-39(50)38(49)30-25-21-19-18-20-24-29-36(48)28-23-6-4-2/h6,12-13,18-21,23-25,29-30,36-39,42-50,53-57H,3-5,7-11,14-17,22,26-28,31-35H2,1-2H3,(H,58,59)/b13-12-,20-18+,21-19-,23-6-,29-24+,30-25-/t36-,37+,38+,39+,42?,43-,44+,45+,46+,47?/m0/s1. The van der Waals surface area contributed by atoms with Crippen LogP contribution < -0.4 is 0 Å². The van der Waals surface area contributed by atoms with Crippen molar-refractivity contribution >= 4 is 19.8 Å². The third-order valence-electron chi connectivity index (χ3n) is 10.4. The monoisotopic (exact) mass is 931 g/mol. The van der Waals surface area contributed by atoms with E-state index in [0.717, 1.165) is 44.9 Å². The third kappa shape index (κ3) is 28.3. The maximum atomic E-state index is 12.8. The lowest BCUT2D eigenvalue weighted by Crippen LogP contribution is -2.64. The predicted octanol–water partition coefficient (Wildman–Crippen LogP) is 5.63. The smallest absolute Gasteiger partial charge is 0.462 e. The highest BCUT2D eigenvalue weighted by Crippen LogP contribution is 2.47. The number of hydrogen-bond acceptors (Lipinski definition) is 15. The van der Waals surface area contributed by atoms with E-state index in [4.69, 9.17) is 18.5 Å². The molecule has 0 spiro atoms. The number of phosphoric acid groups is 1. The number of aliphatic hydroxyl groups excluding tert-OH is 8. The van der Waals surface area contributed by atoms with Crippen LogP contribution in [0.4, 0.5) is 0 Å². The van der Waals surface area contributed by atoms with Gasteiger partial charge in [0.1, 0.15) is 43.2 Å². The van der Waals surface area contributed by atoms with E-state index in [1.165, 1.54) is 50.7 Å². The number of hydrogen-bond donors (Lipinski definition) is 9. The zero-order valence-corrected chi connectivity index (χ0v) is 38.8. The predicted molar refractivity (Wildman–Crippen MR) is 243 cm³/mol. The van der Waals surface area contributed by atoms with E-state index in [9.17, 15) is 59.9 Å². The van der Waals surface area contributed by atoms with Crippen LogP contribution in [0.15, 0.2) is 72.9 Å². The number of carbonyl (C=O) groups excluding carboxylic acids is 2. The molecular formula is C47H79O16P. The number of aliphatic hydroxyl groups is 8. The van der Waals surface area contributed by atoms with Gasteiger partial charge in [-0.3, -0.25) is 18.6 Å². The molecule has 0 radical (unpaired) electrons. The van der Waals surface area contributed by atoms with Crippen LogP contribution in [0.3, 0.4) is 0 Å². The summed E-state index contributed by atoms with van der Waals surface area (Å²) in [5, 5.41) is 80.7. The Bertz CT molecular complexity index is 1450. The van der Waals surface area contributed by atoms with Crippen molar-refractivity contribution in [2.45, 2.75) is 197 Å². The van der Waals surface area contributed by atoms with Gasteiger partial charge in [0.25, 0.3) is 0 Å². The fourth-order valence-corrected chi connectivity index (χ4v) is 7.48. The fourth-order valence-electron chi connectivity index (χ4n) is 6.50. The fraction of sp³-hybridized carbons (Fsp3) is 0.702. The number of rotatable bonds is 36. The second kappa shape index (κ2) is 36.3. The van der Waals surface area contributed by atoms with Crippen LogP contribution in [0.25, 0.3) is 0 Å². The van der Waals surface area contributed by atoms with Gasteiger partial charge >= 0.3 is 19.8 Å². The van der Waals surface area contributed by atoms with Crippen molar-refractivity contribution < 1.29 is 78.4 Å². The van der Waals surface area contributed by atoms with Gasteiger partial charge in [0.05, 0.1) is 24.9 Å². The van der Waals surface area contributed by atoms with Gasteiger partial charge in [-0.1, -0.05) is 138 Å². The Morgan fingerprint density at radius 1 is 0.609 bits per heavy atom. The van der Waals surface area contributed by atoms with E-state index in [0.29, 0.717) is 12.8 Å². The van der Waals surface area contributed by atoms with Gasteiger partial charge in [-0.05, 0) is 57.8 Å². The highest BCUT2D eigenvalue weighted by Gasteiger charge is 2.51. The molecule has 9 N–H and O–H groups in total. The molecule has 16 nitrogen and oxygen atoms in total. The van der Waals surface area contributed by atoms with Crippen LogP contribution in [0.5, 0.6) is 0 Å². The molecule has 1 aliphatic rings. The normalized spacial score (nSPS) is 23.7. The molecule has 0 amide bonds. The first-order chi connectivity index (χ1) is 30.6. The Hall–Kier alpha value is -2.83. The molecule has 0 aliphatic heterocycles. The molecule has 0 aromatic rings. The van der Waals surface area contributed by atoms with Gasteiger partial charge in [0.15, 0.2) is 6.10 Å². The van der Waals surface area contributed by atoms with Crippen LogP contribution in [0, 0.1) is 0 Å². The minimum absolute atomic E-state index is 0.00494. The number of ether oxygens (including phenoxy) is 2. The van der Waals surface area contributed by atoms with Crippen LogP contribution in [-0.4, -0.2) is 132 Å². The summed E-state index contributed by atoms with van der Waals surface area (Å²) in [6.45, 7) is 2.79. The van der Waals surface area contributed by atoms with Crippen molar-refractivity contribution in [2.75, 3.05) is 13.2 Å². The summed E-state index contributed by atoms with van der Waals surface area (Å²) < 4.78 is 33.3. The van der Waals surface area contributed by atoms with Gasteiger partial charge < -0.3 is 55.2 Å². The molecule has 0 heterocycles. The molecule has 0 bridgehead atoms. The van der Waals surface area contributed by atoms with E-state index >= 15 is 0 Å². The zero-order chi connectivity index (χ0) is 47.6. The molecule has 1 rings (SSSR count). The van der Waals surface area contributed by atoms with Crippen LogP contribution >= 0.6 is 7.82 Å². The lowest BCUT2D eigenvalue weighted by molar-refractivity contribution is -0.220. The molecule has 64 heavy (non-hydrogen) atoms. The first kappa shape index (κ1) is 59.2. The number of allylic oxidation sites excluding steroid dienone is 9. The summed E-state index contributed by atoms with van der Waals surface area (Å²) in [4.78, 5) is 35.7. The van der Waals surface area contributed by atoms with Crippen LogP contribution in [-0.2, 0) is 32.7 Å². The van der Waals surface area contributed by atoms with Gasteiger partial charge in [0, 0.05) is 12.8 Å². The molecule has 0 saturated heterocycles. The largest absolute Gasteiger partial charge is 0.472 e. The topological polar surface area (TPSA) is 270 Å². The molecule has 3 unspecified atom stereocenters. The van der Waals surface area contributed by atoms with Gasteiger partial charge in [0.2, 0.25) is 0 Å². The van der Waals surface area contributed by atoms with Gasteiger partial charge in [-0.25, -0.2) is 4.57 Å². The maximum absolute atomic E-state index is 12.8. The van der Waals surface area contributed by atoms with Crippen molar-refractivity contribution in [3.05, 3.63) is 72.9 Å². The first-order valence-corrected chi connectivity index (χ1v) is 24.6. The second-order valence-electron chi connectivity index (χ2n) is 16.1. The Morgan fingerprint density at radius 3 is 1.75 bits per heavy atom. The van der Waals surface area contributed by atoms with E-state index in [-0.39, 0.29) is 25.7 Å². The van der Waals surface area contributed by atoms with E-state index < -0.39 is 94.0 Å². The number of carbonyl (C=O) groups is 2. The van der Waals surface area contributed by atoms with Crippen molar-refractivity contribution in [1.29, 1.82) is 0 Å². The average molecular weight is 931 g/mol. The minimum atomic E-state index is -5.22. The quantitative estimate of drug-likeness (QED) is 0.0121. The highest BCUT2D eigenvalue weighted by molar-refractivity contribution is 7.47. The maximum Gasteiger partial charge on any atom is 0.472 e. The zero-order valence-electron chi connectivity index (χ0n) is 37.9. The number of phosphoric ester groups is 1. The van der Waals surface area contributed by atoms with E-state index in [1.54, 1.807) is 36.5 Å².